The van der Waals surface area contributed by atoms with Gasteiger partial charge in [0.25, 0.3) is 0 Å². The van der Waals surface area contributed by atoms with Crippen LogP contribution in [0.2, 0.25) is 0 Å². The van der Waals surface area contributed by atoms with Gasteiger partial charge in [0.15, 0.2) is 0 Å². The molecule has 3 rings (SSSR count). The number of rotatable bonds is 7. The van der Waals surface area contributed by atoms with Gasteiger partial charge in [-0.2, -0.15) is 0 Å². The Hall–Kier alpha value is -2.19. The van der Waals surface area contributed by atoms with Crippen LogP contribution in [-0.2, 0) is 14.3 Å². The van der Waals surface area contributed by atoms with Gasteiger partial charge in [0.2, 0.25) is 0 Å². The van der Waals surface area contributed by atoms with Crippen molar-refractivity contribution in [3.63, 3.8) is 0 Å². The van der Waals surface area contributed by atoms with E-state index in [1.165, 1.54) is 0 Å². The molecule has 1 aromatic heterocycles. The molecule has 0 bridgehead atoms. The van der Waals surface area contributed by atoms with E-state index in [-0.39, 0.29) is 30.6 Å². The minimum absolute atomic E-state index is 0.0855. The predicted molar refractivity (Wildman–Crippen MR) is 118 cm³/mol. The lowest BCUT2D eigenvalue weighted by molar-refractivity contribution is -0.156. The van der Waals surface area contributed by atoms with Gasteiger partial charge >= 0.3 is 11.9 Å². The van der Waals surface area contributed by atoms with E-state index in [0.29, 0.717) is 23.3 Å². The third-order valence-corrected chi connectivity index (χ3v) is 5.33. The summed E-state index contributed by atoms with van der Waals surface area (Å²) in [6, 6.07) is 7.13. The molecule has 1 aliphatic rings. The molecule has 8 heteroatoms. The number of anilines is 1. The Labute approximate surface area is 184 Å². The highest BCUT2D eigenvalue weighted by molar-refractivity contribution is 9.10. The largest absolute Gasteiger partial charge is 0.478 e. The normalized spacial score (nSPS) is 16.8. The molecular formula is C22H27BrN2O5. The second-order valence-electron chi connectivity index (χ2n) is 8.40. The van der Waals surface area contributed by atoms with Crippen LogP contribution in [-0.4, -0.2) is 53.4 Å². The smallest absolute Gasteiger partial charge is 0.336 e. The lowest BCUT2D eigenvalue weighted by atomic mass is 10.1. The number of esters is 1. The third-order valence-electron chi connectivity index (χ3n) is 4.84. The number of benzene rings is 1. The van der Waals surface area contributed by atoms with Gasteiger partial charge in [-0.1, -0.05) is 22.0 Å². The van der Waals surface area contributed by atoms with Crippen molar-refractivity contribution in [2.75, 3.05) is 24.7 Å². The van der Waals surface area contributed by atoms with Gasteiger partial charge in [0, 0.05) is 16.4 Å². The molecule has 0 unspecified atom stereocenters. The Balaban J connectivity index is 1.68. The van der Waals surface area contributed by atoms with Crippen LogP contribution in [0.15, 0.2) is 28.7 Å². The SMILES string of the molecule is CC(C)(C)OC(=O)CCOC[C@@H]1CCCN1c1cc(C(=O)O)c2ccc(Br)cc2n1. The first-order chi connectivity index (χ1) is 14.1. The molecule has 7 nitrogen and oxygen atoms in total. The van der Waals surface area contributed by atoms with Crippen LogP contribution in [0.1, 0.15) is 50.4 Å². The van der Waals surface area contributed by atoms with Crippen LogP contribution in [0.3, 0.4) is 0 Å². The molecule has 0 aliphatic carbocycles. The summed E-state index contributed by atoms with van der Waals surface area (Å²) < 4.78 is 11.9. The van der Waals surface area contributed by atoms with Gasteiger partial charge in [-0.05, 0) is 51.8 Å². The molecule has 162 valence electrons. The van der Waals surface area contributed by atoms with Gasteiger partial charge in [0.1, 0.15) is 11.4 Å². The number of carbonyl (C=O) groups is 2. The van der Waals surface area contributed by atoms with E-state index in [2.05, 4.69) is 20.8 Å². The molecule has 0 radical (unpaired) electrons. The van der Waals surface area contributed by atoms with Crippen LogP contribution in [0.4, 0.5) is 5.82 Å². The summed E-state index contributed by atoms with van der Waals surface area (Å²) in [7, 11) is 0. The number of hydrogen-bond donors (Lipinski definition) is 1. The van der Waals surface area contributed by atoms with Crippen LogP contribution < -0.4 is 4.90 Å². The number of aromatic nitrogens is 1. The Morgan fingerprint density at radius 1 is 1.30 bits per heavy atom. The van der Waals surface area contributed by atoms with Crippen LogP contribution >= 0.6 is 15.9 Å². The summed E-state index contributed by atoms with van der Waals surface area (Å²) in [5, 5.41) is 10.3. The molecule has 1 saturated heterocycles. The van der Waals surface area contributed by atoms with Crippen LogP contribution in [0.25, 0.3) is 10.9 Å². The van der Waals surface area contributed by atoms with Crippen molar-refractivity contribution in [3.05, 3.63) is 34.3 Å². The maximum Gasteiger partial charge on any atom is 0.336 e. The summed E-state index contributed by atoms with van der Waals surface area (Å²) in [5.74, 6) is -0.620. The van der Waals surface area contributed by atoms with Gasteiger partial charge in [-0.15, -0.1) is 0 Å². The van der Waals surface area contributed by atoms with E-state index in [9.17, 15) is 14.7 Å². The number of carbonyl (C=O) groups excluding carboxylic acids is 1. The predicted octanol–water partition coefficient (Wildman–Crippen LogP) is 4.41. The summed E-state index contributed by atoms with van der Waals surface area (Å²) in [6.07, 6.45) is 2.10. The zero-order chi connectivity index (χ0) is 21.9. The number of carboxylic acids is 1. The minimum atomic E-state index is -0.977. The molecule has 2 aromatic rings. The number of fused-ring (bicyclic) bond motifs is 1. The molecule has 1 fully saturated rings. The summed E-state index contributed by atoms with van der Waals surface area (Å²) >= 11 is 3.43. The Bertz CT molecular complexity index is 941. The van der Waals surface area contributed by atoms with E-state index >= 15 is 0 Å². The average Bonchev–Trinajstić information content (AvgIpc) is 3.11. The van der Waals surface area contributed by atoms with Crippen molar-refractivity contribution in [1.29, 1.82) is 0 Å². The quantitative estimate of drug-likeness (QED) is 0.465. The fourth-order valence-electron chi connectivity index (χ4n) is 3.59. The molecular weight excluding hydrogens is 452 g/mol. The number of pyridine rings is 1. The number of hydrogen-bond acceptors (Lipinski definition) is 6. The number of aromatic carboxylic acids is 1. The highest BCUT2D eigenvalue weighted by Crippen LogP contribution is 2.30. The van der Waals surface area contributed by atoms with Gasteiger partial charge < -0.3 is 19.5 Å². The molecule has 1 atom stereocenters. The molecule has 2 heterocycles. The first-order valence-corrected chi connectivity index (χ1v) is 10.8. The molecule has 1 aromatic carbocycles. The van der Waals surface area contributed by atoms with Crippen molar-refractivity contribution in [1.82, 2.24) is 4.98 Å². The minimum Gasteiger partial charge on any atom is -0.478 e. The lowest BCUT2D eigenvalue weighted by Gasteiger charge is -2.26. The Morgan fingerprint density at radius 3 is 2.77 bits per heavy atom. The second-order valence-corrected chi connectivity index (χ2v) is 9.31. The van der Waals surface area contributed by atoms with Crippen molar-refractivity contribution in [2.45, 2.75) is 51.7 Å². The molecule has 0 saturated carbocycles. The van der Waals surface area contributed by atoms with Crippen LogP contribution in [0.5, 0.6) is 0 Å². The lowest BCUT2D eigenvalue weighted by Crippen LogP contribution is -2.34. The van der Waals surface area contributed by atoms with E-state index in [0.717, 1.165) is 23.9 Å². The zero-order valence-electron chi connectivity index (χ0n) is 17.5. The fraction of sp³-hybridized carbons (Fsp3) is 0.500. The second kappa shape index (κ2) is 9.31. The average molecular weight is 479 g/mol. The Kier molecular flexibility index (Phi) is 6.98. The molecule has 1 N–H and O–H groups in total. The highest BCUT2D eigenvalue weighted by Gasteiger charge is 2.27. The standard InChI is InChI=1S/C22H27BrN2O5/c1-22(2,3)30-20(26)8-10-29-13-15-5-4-9-25(15)19-12-17(21(27)28)16-7-6-14(23)11-18(16)24-19/h6-7,11-12,15H,4-5,8-10,13H2,1-3H3,(H,27,28)/t15-/m0/s1. The fourth-order valence-corrected chi connectivity index (χ4v) is 3.94. The Morgan fingerprint density at radius 2 is 2.07 bits per heavy atom. The van der Waals surface area contributed by atoms with Crippen molar-refractivity contribution in [2.24, 2.45) is 0 Å². The molecule has 0 spiro atoms. The van der Waals surface area contributed by atoms with Crippen LogP contribution in [0, 0.1) is 0 Å². The number of nitrogens with zero attached hydrogens (tertiary/aromatic N) is 2. The van der Waals surface area contributed by atoms with Crippen molar-refractivity contribution in [3.8, 4) is 0 Å². The zero-order valence-corrected chi connectivity index (χ0v) is 19.1. The van der Waals surface area contributed by atoms with Crippen molar-refractivity contribution < 1.29 is 24.2 Å². The maximum absolute atomic E-state index is 11.8. The summed E-state index contributed by atoms with van der Waals surface area (Å²) in [6.45, 7) is 7.03. The van der Waals surface area contributed by atoms with E-state index in [1.807, 2.05) is 32.9 Å². The first-order valence-electron chi connectivity index (χ1n) is 10.0. The van der Waals surface area contributed by atoms with Gasteiger partial charge in [0.05, 0.1) is 36.8 Å². The van der Waals surface area contributed by atoms with E-state index in [4.69, 9.17) is 14.5 Å². The van der Waals surface area contributed by atoms with Gasteiger partial charge in [-0.25, -0.2) is 9.78 Å². The van der Waals surface area contributed by atoms with E-state index in [1.54, 1.807) is 12.1 Å². The molecule has 0 amide bonds. The third kappa shape index (κ3) is 5.70. The topological polar surface area (TPSA) is 89.0 Å². The first kappa shape index (κ1) is 22.5. The van der Waals surface area contributed by atoms with E-state index < -0.39 is 11.6 Å². The van der Waals surface area contributed by atoms with Crippen molar-refractivity contribution >= 4 is 44.6 Å². The maximum atomic E-state index is 11.8. The number of ether oxygens (including phenoxy) is 2. The number of carboxylic acid groups (broad SMARTS) is 1. The van der Waals surface area contributed by atoms with Gasteiger partial charge in [-0.3, -0.25) is 4.79 Å². The summed E-state index contributed by atoms with van der Waals surface area (Å²) in [5.41, 5.74) is 0.368. The number of halogens is 1. The summed E-state index contributed by atoms with van der Waals surface area (Å²) in [4.78, 5) is 30.4. The molecule has 30 heavy (non-hydrogen) atoms. The molecule has 1 aliphatic heterocycles. The highest BCUT2D eigenvalue weighted by atomic mass is 79.9. The monoisotopic (exact) mass is 478 g/mol.